The van der Waals surface area contributed by atoms with Gasteiger partial charge in [-0.2, -0.15) is 0 Å². The van der Waals surface area contributed by atoms with E-state index in [0.717, 1.165) is 4.32 Å². The summed E-state index contributed by atoms with van der Waals surface area (Å²) < 4.78 is 0.843. The molecule has 0 aromatic rings. The summed E-state index contributed by atoms with van der Waals surface area (Å²) in [6.07, 6.45) is 1.94. The Balaban J connectivity index is 0. The van der Waals surface area contributed by atoms with Crippen molar-refractivity contribution in [1.82, 2.24) is 11.5 Å². The molecule has 0 amide bonds. The number of hydrogen-bond donors (Lipinski definition) is 2. The third-order valence-corrected chi connectivity index (χ3v) is 1.67. The molecular weight excluding hydrogens is 128 g/mol. The van der Waals surface area contributed by atoms with Gasteiger partial charge in [-0.15, -0.1) is 11.8 Å². The van der Waals surface area contributed by atoms with E-state index in [1.54, 1.807) is 11.8 Å². The lowest BCUT2D eigenvalue weighted by molar-refractivity contribution is 1.23. The van der Waals surface area contributed by atoms with Gasteiger partial charge in [-0.3, -0.25) is 0 Å². The van der Waals surface area contributed by atoms with Crippen molar-refractivity contribution in [2.75, 3.05) is 13.3 Å². The molecule has 0 fully saturated rings. The van der Waals surface area contributed by atoms with Gasteiger partial charge in [-0.25, -0.2) is 0 Å². The molecule has 0 unspecified atom stereocenters. The largest absolute Gasteiger partial charge is 0.374 e. The minimum absolute atomic E-state index is 0. The second-order valence-electron chi connectivity index (χ2n) is 0.742. The van der Waals surface area contributed by atoms with Crippen LogP contribution in [0.1, 0.15) is 0 Å². The summed E-state index contributed by atoms with van der Waals surface area (Å²) >= 11 is 6.25. The van der Waals surface area contributed by atoms with E-state index in [2.05, 4.69) is 5.32 Å². The maximum Gasteiger partial charge on any atom is 0.133 e. The Morgan fingerprint density at radius 1 is 1.71 bits per heavy atom. The Morgan fingerprint density at radius 2 is 2.14 bits per heavy atom. The quantitative estimate of drug-likeness (QED) is 0.491. The van der Waals surface area contributed by atoms with E-state index in [1.165, 1.54) is 0 Å². The molecule has 7 heavy (non-hydrogen) atoms. The lowest BCUT2D eigenvalue weighted by Crippen LogP contribution is -2.09. The minimum Gasteiger partial charge on any atom is -0.374 e. The molecule has 0 aliphatic carbocycles. The minimum atomic E-state index is 0. The molecule has 0 aromatic heterocycles. The van der Waals surface area contributed by atoms with Crippen molar-refractivity contribution < 1.29 is 0 Å². The van der Waals surface area contributed by atoms with Crippen LogP contribution in [0.4, 0.5) is 0 Å². The number of nitrogens with one attached hydrogen (secondary N) is 1. The summed E-state index contributed by atoms with van der Waals surface area (Å²) in [5, 5.41) is 2.81. The number of thioether (sulfide) groups is 1. The fourth-order valence-corrected chi connectivity index (χ4v) is 0.306. The molecule has 4 heteroatoms. The van der Waals surface area contributed by atoms with E-state index in [0.29, 0.717) is 0 Å². The second-order valence-corrected chi connectivity index (χ2v) is 2.22. The van der Waals surface area contributed by atoms with Crippen LogP contribution < -0.4 is 11.5 Å². The smallest absolute Gasteiger partial charge is 0.133 e. The van der Waals surface area contributed by atoms with E-state index in [9.17, 15) is 0 Å². The molecule has 0 aliphatic heterocycles. The first-order chi connectivity index (χ1) is 2.81. The zero-order valence-corrected chi connectivity index (χ0v) is 6.16. The monoisotopic (exact) mass is 138 g/mol. The molecule has 44 valence electrons. The van der Waals surface area contributed by atoms with Gasteiger partial charge in [0.25, 0.3) is 0 Å². The molecule has 0 spiro atoms. The lowest BCUT2D eigenvalue weighted by atomic mass is 11.2. The van der Waals surface area contributed by atoms with Gasteiger partial charge < -0.3 is 11.5 Å². The molecule has 0 aromatic carbocycles. The Hall–Kier alpha value is 0.200. The molecule has 0 heterocycles. The van der Waals surface area contributed by atoms with Crippen molar-refractivity contribution >= 4 is 28.3 Å². The molecule has 0 aliphatic rings. The van der Waals surface area contributed by atoms with Crippen LogP contribution in [0.25, 0.3) is 0 Å². The summed E-state index contributed by atoms with van der Waals surface area (Å²) in [6.45, 7) is 0. The standard InChI is InChI=1S/C3H7NS2.H3N/c1-4-3(5)6-2;/h1-2H3,(H,4,5);1H3. The Labute approximate surface area is 53.6 Å². The zero-order valence-electron chi connectivity index (χ0n) is 4.52. The topological polar surface area (TPSA) is 47.0 Å². The van der Waals surface area contributed by atoms with Gasteiger partial charge >= 0.3 is 0 Å². The number of hydrogen-bond acceptors (Lipinski definition) is 3. The van der Waals surface area contributed by atoms with Crippen molar-refractivity contribution in [3.05, 3.63) is 0 Å². The maximum absolute atomic E-state index is 4.71. The Bertz CT molecular complexity index is 48.9. The van der Waals surface area contributed by atoms with Gasteiger partial charge in [0.15, 0.2) is 0 Å². The highest BCUT2D eigenvalue weighted by Gasteiger charge is 1.79. The fourth-order valence-electron chi connectivity index (χ4n) is 0.102. The maximum atomic E-state index is 4.71. The van der Waals surface area contributed by atoms with Gasteiger partial charge in [0.2, 0.25) is 0 Å². The van der Waals surface area contributed by atoms with Crippen LogP contribution in [-0.4, -0.2) is 17.6 Å². The third kappa shape index (κ3) is 6.20. The van der Waals surface area contributed by atoms with Gasteiger partial charge in [0.05, 0.1) is 0 Å². The Kier molecular flexibility index (Phi) is 9.07. The number of thiocarbonyl (C=S) groups is 1. The molecular formula is C3H10N2S2. The predicted molar refractivity (Wildman–Crippen MR) is 40.2 cm³/mol. The lowest BCUT2D eigenvalue weighted by Gasteiger charge is -1.91. The molecule has 0 radical (unpaired) electrons. The molecule has 4 N–H and O–H groups in total. The van der Waals surface area contributed by atoms with Gasteiger partial charge in [0, 0.05) is 7.05 Å². The highest BCUT2D eigenvalue weighted by atomic mass is 32.2. The highest BCUT2D eigenvalue weighted by Crippen LogP contribution is 1.90. The Morgan fingerprint density at radius 3 is 2.14 bits per heavy atom. The van der Waals surface area contributed by atoms with Crippen molar-refractivity contribution in [2.45, 2.75) is 0 Å². The molecule has 2 nitrogen and oxygen atoms in total. The summed E-state index contributed by atoms with van der Waals surface area (Å²) in [4.78, 5) is 0. The molecule has 0 rings (SSSR count). The van der Waals surface area contributed by atoms with Crippen LogP contribution in [0.5, 0.6) is 0 Å². The molecule has 0 atom stereocenters. The van der Waals surface area contributed by atoms with Gasteiger partial charge in [-0.1, -0.05) is 12.2 Å². The van der Waals surface area contributed by atoms with Gasteiger partial charge in [-0.05, 0) is 6.26 Å². The van der Waals surface area contributed by atoms with Crippen molar-refractivity contribution in [2.24, 2.45) is 0 Å². The average Bonchev–Trinajstić information content (AvgIpc) is 1.65. The van der Waals surface area contributed by atoms with Crippen LogP contribution in [-0.2, 0) is 0 Å². The van der Waals surface area contributed by atoms with Crippen LogP contribution in [0.15, 0.2) is 0 Å². The molecule has 0 saturated carbocycles. The second kappa shape index (κ2) is 6.20. The van der Waals surface area contributed by atoms with Crippen LogP contribution in [0.2, 0.25) is 0 Å². The van der Waals surface area contributed by atoms with Crippen molar-refractivity contribution in [3.63, 3.8) is 0 Å². The fraction of sp³-hybridized carbons (Fsp3) is 0.667. The van der Waals surface area contributed by atoms with E-state index >= 15 is 0 Å². The van der Waals surface area contributed by atoms with E-state index < -0.39 is 0 Å². The van der Waals surface area contributed by atoms with Crippen LogP contribution >= 0.6 is 24.0 Å². The van der Waals surface area contributed by atoms with E-state index in [4.69, 9.17) is 12.2 Å². The normalized spacial score (nSPS) is 6.57. The number of rotatable bonds is 0. The van der Waals surface area contributed by atoms with Crippen molar-refractivity contribution in [1.29, 1.82) is 0 Å². The first-order valence-corrected chi connectivity index (χ1v) is 3.20. The first kappa shape index (κ1) is 10.2. The summed E-state index contributed by atoms with van der Waals surface area (Å²) in [5.74, 6) is 0. The summed E-state index contributed by atoms with van der Waals surface area (Å²) in [5.41, 5.74) is 0. The predicted octanol–water partition coefficient (Wildman–Crippen LogP) is 1.02. The molecule has 0 saturated heterocycles. The van der Waals surface area contributed by atoms with Crippen molar-refractivity contribution in [3.8, 4) is 0 Å². The van der Waals surface area contributed by atoms with Crippen LogP contribution in [0.3, 0.4) is 0 Å². The average molecular weight is 138 g/mol. The van der Waals surface area contributed by atoms with Crippen LogP contribution in [0, 0.1) is 0 Å². The third-order valence-electron chi connectivity index (χ3n) is 0.390. The van der Waals surface area contributed by atoms with E-state index in [1.807, 2.05) is 13.3 Å². The zero-order chi connectivity index (χ0) is 4.99. The SMILES string of the molecule is CNC(=S)SC.N. The van der Waals surface area contributed by atoms with Gasteiger partial charge in [0.1, 0.15) is 4.32 Å². The first-order valence-electron chi connectivity index (χ1n) is 1.57. The highest BCUT2D eigenvalue weighted by molar-refractivity contribution is 8.22. The molecule has 0 bridgehead atoms. The summed E-state index contributed by atoms with van der Waals surface area (Å²) in [6, 6.07) is 0. The summed E-state index contributed by atoms with van der Waals surface area (Å²) in [7, 11) is 1.82. The van der Waals surface area contributed by atoms with E-state index in [-0.39, 0.29) is 6.15 Å².